The summed E-state index contributed by atoms with van der Waals surface area (Å²) in [5.41, 5.74) is 5.75. The number of nitrogens with one attached hydrogen (secondary N) is 1. The number of hydrogen-bond acceptors (Lipinski definition) is 4. The number of guanidine groups is 1. The number of anilines is 1. The first-order valence-corrected chi connectivity index (χ1v) is 8.08. The van der Waals surface area contributed by atoms with Crippen LogP contribution in [0.3, 0.4) is 0 Å². The van der Waals surface area contributed by atoms with Crippen molar-refractivity contribution in [2.75, 3.05) is 30.7 Å². The molecular formula is C12H20IN5O2S. The van der Waals surface area contributed by atoms with Gasteiger partial charge in [0.2, 0.25) is 10.0 Å². The third-order valence-corrected chi connectivity index (χ3v) is 4.94. The number of rotatable bonds is 5. The average Bonchev–Trinajstić information content (AvgIpc) is 2.37. The van der Waals surface area contributed by atoms with Crippen molar-refractivity contribution in [1.29, 1.82) is 0 Å². The fourth-order valence-corrected chi connectivity index (χ4v) is 3.12. The fraction of sp³-hybridized carbons (Fsp3) is 0.500. The molecule has 0 atom stereocenters. The van der Waals surface area contributed by atoms with Crippen molar-refractivity contribution in [3.63, 3.8) is 0 Å². The molecule has 1 aromatic heterocycles. The van der Waals surface area contributed by atoms with Gasteiger partial charge in [-0.15, -0.1) is 24.0 Å². The van der Waals surface area contributed by atoms with Crippen LogP contribution in [-0.2, 0) is 10.0 Å². The van der Waals surface area contributed by atoms with E-state index in [4.69, 9.17) is 5.73 Å². The lowest BCUT2D eigenvalue weighted by Crippen LogP contribution is -2.51. The second-order valence-electron chi connectivity index (χ2n) is 4.65. The second kappa shape index (κ2) is 7.90. The van der Waals surface area contributed by atoms with Crippen molar-refractivity contribution in [3.8, 4) is 0 Å². The van der Waals surface area contributed by atoms with Crippen LogP contribution in [0.4, 0.5) is 5.82 Å². The van der Waals surface area contributed by atoms with Gasteiger partial charge in [-0.1, -0.05) is 6.07 Å². The maximum Gasteiger partial charge on any atom is 0.213 e. The molecule has 9 heteroatoms. The summed E-state index contributed by atoms with van der Waals surface area (Å²) in [4.78, 5) is 8.28. The van der Waals surface area contributed by atoms with Crippen molar-refractivity contribution in [1.82, 2.24) is 9.29 Å². The summed E-state index contributed by atoms with van der Waals surface area (Å²) in [6, 6.07) is 5.46. The van der Waals surface area contributed by atoms with Gasteiger partial charge in [0.15, 0.2) is 5.96 Å². The third-order valence-electron chi connectivity index (χ3n) is 3.12. The standard InChI is InChI=1S/C12H19N5O2S.HI/c1-2-20(18,19)17-8-10(9-17)7-15-12(13)16-11-5-3-4-6-14-11;/h3-6,10H,2,7-9H2,1H3,(H3,13,14,15,16);1H. The van der Waals surface area contributed by atoms with Crippen LogP contribution in [0.2, 0.25) is 0 Å². The van der Waals surface area contributed by atoms with Crippen LogP contribution >= 0.6 is 24.0 Å². The summed E-state index contributed by atoms with van der Waals surface area (Å²) in [6.45, 7) is 3.21. The van der Waals surface area contributed by atoms with Crippen LogP contribution in [0, 0.1) is 5.92 Å². The zero-order valence-electron chi connectivity index (χ0n) is 11.8. The molecule has 0 unspecified atom stereocenters. The van der Waals surface area contributed by atoms with Crippen molar-refractivity contribution < 1.29 is 8.42 Å². The highest BCUT2D eigenvalue weighted by Crippen LogP contribution is 2.19. The summed E-state index contributed by atoms with van der Waals surface area (Å²) >= 11 is 0. The Hall–Kier alpha value is -0.940. The molecule has 0 spiro atoms. The van der Waals surface area contributed by atoms with Crippen molar-refractivity contribution in [3.05, 3.63) is 24.4 Å². The number of halogens is 1. The van der Waals surface area contributed by atoms with Gasteiger partial charge in [-0.05, 0) is 19.1 Å². The third kappa shape index (κ3) is 5.08. The number of pyridine rings is 1. The molecule has 0 aromatic carbocycles. The Morgan fingerprint density at radius 1 is 1.52 bits per heavy atom. The normalized spacial score (nSPS) is 16.9. The first kappa shape index (κ1) is 18.1. The molecule has 1 saturated heterocycles. The molecule has 0 aliphatic carbocycles. The molecule has 0 amide bonds. The van der Waals surface area contributed by atoms with E-state index >= 15 is 0 Å². The van der Waals surface area contributed by atoms with E-state index in [0.717, 1.165) is 0 Å². The molecule has 2 rings (SSSR count). The predicted octanol–water partition coefficient (Wildman–Crippen LogP) is 0.708. The molecule has 7 nitrogen and oxygen atoms in total. The Labute approximate surface area is 142 Å². The number of sulfonamides is 1. The van der Waals surface area contributed by atoms with Gasteiger partial charge >= 0.3 is 0 Å². The van der Waals surface area contributed by atoms with Gasteiger partial charge in [0.05, 0.1) is 5.75 Å². The van der Waals surface area contributed by atoms with E-state index in [2.05, 4.69) is 15.3 Å². The van der Waals surface area contributed by atoms with Crippen LogP contribution in [0.15, 0.2) is 29.4 Å². The highest BCUT2D eigenvalue weighted by molar-refractivity contribution is 14.0. The SMILES string of the molecule is CCS(=O)(=O)N1CC(CN=C(N)Nc2ccccn2)C1.I. The quantitative estimate of drug-likeness (QED) is 0.411. The van der Waals surface area contributed by atoms with E-state index in [1.165, 1.54) is 4.31 Å². The molecule has 118 valence electrons. The predicted molar refractivity (Wildman–Crippen MR) is 94.3 cm³/mol. The minimum absolute atomic E-state index is 0. The number of hydrogen-bond donors (Lipinski definition) is 2. The minimum atomic E-state index is -3.05. The summed E-state index contributed by atoms with van der Waals surface area (Å²) in [7, 11) is -3.05. The highest BCUT2D eigenvalue weighted by atomic mass is 127. The smallest absolute Gasteiger partial charge is 0.213 e. The Morgan fingerprint density at radius 2 is 2.24 bits per heavy atom. The molecule has 1 aliphatic rings. The zero-order valence-corrected chi connectivity index (χ0v) is 14.9. The minimum Gasteiger partial charge on any atom is -0.370 e. The first-order valence-electron chi connectivity index (χ1n) is 6.47. The van der Waals surface area contributed by atoms with Gasteiger partial charge in [0.25, 0.3) is 0 Å². The van der Waals surface area contributed by atoms with Crippen LogP contribution in [-0.4, -0.2) is 49.1 Å². The molecule has 0 saturated carbocycles. The molecule has 3 N–H and O–H groups in total. The van der Waals surface area contributed by atoms with Crippen LogP contribution in [0.5, 0.6) is 0 Å². The van der Waals surface area contributed by atoms with E-state index in [-0.39, 0.29) is 35.6 Å². The van der Waals surface area contributed by atoms with Gasteiger partial charge in [0, 0.05) is 31.7 Å². The lowest BCUT2D eigenvalue weighted by Gasteiger charge is -2.37. The largest absolute Gasteiger partial charge is 0.370 e. The van der Waals surface area contributed by atoms with Crippen LogP contribution in [0.25, 0.3) is 0 Å². The number of nitrogens with zero attached hydrogens (tertiary/aromatic N) is 3. The van der Waals surface area contributed by atoms with E-state index in [0.29, 0.717) is 31.4 Å². The van der Waals surface area contributed by atoms with E-state index in [9.17, 15) is 8.42 Å². The van der Waals surface area contributed by atoms with Gasteiger partial charge < -0.3 is 11.1 Å². The Morgan fingerprint density at radius 3 is 2.81 bits per heavy atom. The Bertz CT molecular complexity index is 573. The molecule has 2 heterocycles. The zero-order chi connectivity index (χ0) is 14.6. The monoisotopic (exact) mass is 425 g/mol. The molecule has 1 fully saturated rings. The summed E-state index contributed by atoms with van der Waals surface area (Å²) in [5.74, 6) is 1.31. The molecule has 1 aromatic rings. The Balaban J connectivity index is 0.00000220. The number of nitrogens with two attached hydrogens (primary N) is 1. The van der Waals surface area contributed by atoms with Gasteiger partial charge in [-0.25, -0.2) is 17.7 Å². The average molecular weight is 425 g/mol. The van der Waals surface area contributed by atoms with Crippen LogP contribution < -0.4 is 11.1 Å². The number of aliphatic imine (C=N–C) groups is 1. The van der Waals surface area contributed by atoms with Crippen molar-refractivity contribution >= 4 is 45.8 Å². The highest BCUT2D eigenvalue weighted by Gasteiger charge is 2.34. The molecule has 0 bridgehead atoms. The topological polar surface area (TPSA) is 101 Å². The lowest BCUT2D eigenvalue weighted by molar-refractivity contribution is 0.208. The number of aromatic nitrogens is 1. The maximum absolute atomic E-state index is 11.6. The van der Waals surface area contributed by atoms with Crippen molar-refractivity contribution in [2.24, 2.45) is 16.6 Å². The molecule has 1 aliphatic heterocycles. The van der Waals surface area contributed by atoms with E-state index in [1.54, 1.807) is 19.2 Å². The summed E-state index contributed by atoms with van der Waals surface area (Å²) in [5, 5.41) is 2.88. The first-order chi connectivity index (χ1) is 9.51. The Kier molecular flexibility index (Phi) is 6.81. The summed E-state index contributed by atoms with van der Waals surface area (Å²) in [6.07, 6.45) is 1.66. The van der Waals surface area contributed by atoms with Crippen molar-refractivity contribution in [2.45, 2.75) is 6.92 Å². The fourth-order valence-electron chi connectivity index (χ4n) is 1.88. The second-order valence-corrected chi connectivity index (χ2v) is 6.91. The maximum atomic E-state index is 11.6. The molecular weight excluding hydrogens is 405 g/mol. The van der Waals surface area contributed by atoms with Gasteiger partial charge in [0.1, 0.15) is 5.82 Å². The van der Waals surface area contributed by atoms with Gasteiger partial charge in [-0.2, -0.15) is 0 Å². The molecule has 21 heavy (non-hydrogen) atoms. The molecule has 0 radical (unpaired) electrons. The van der Waals surface area contributed by atoms with E-state index < -0.39 is 10.0 Å². The summed E-state index contributed by atoms with van der Waals surface area (Å²) < 4.78 is 24.6. The van der Waals surface area contributed by atoms with E-state index in [1.807, 2.05) is 12.1 Å². The van der Waals surface area contributed by atoms with Crippen LogP contribution in [0.1, 0.15) is 6.92 Å². The van der Waals surface area contributed by atoms with Gasteiger partial charge in [-0.3, -0.25) is 4.99 Å². The lowest BCUT2D eigenvalue weighted by atomic mass is 10.0.